The zero-order valence-corrected chi connectivity index (χ0v) is 13.0. The highest BCUT2D eigenvalue weighted by molar-refractivity contribution is 9.10. The van der Waals surface area contributed by atoms with E-state index in [0.717, 1.165) is 21.2 Å². The predicted molar refractivity (Wildman–Crippen MR) is 79.1 cm³/mol. The molecule has 5 nitrogen and oxygen atoms in total. The third kappa shape index (κ3) is 3.57. The van der Waals surface area contributed by atoms with E-state index >= 15 is 0 Å². The van der Waals surface area contributed by atoms with Gasteiger partial charge in [-0.15, -0.1) is 10.2 Å². The van der Waals surface area contributed by atoms with Gasteiger partial charge in [-0.1, -0.05) is 17.4 Å². The molecule has 1 aromatic carbocycles. The molecule has 0 saturated heterocycles. The molecule has 102 valence electrons. The van der Waals surface area contributed by atoms with Crippen molar-refractivity contribution in [3.8, 4) is 11.5 Å². The van der Waals surface area contributed by atoms with Crippen molar-refractivity contribution in [3.63, 3.8) is 0 Å². The molecule has 1 aromatic heterocycles. The Morgan fingerprint density at radius 3 is 2.95 bits per heavy atom. The van der Waals surface area contributed by atoms with Crippen LogP contribution < -0.4 is 14.8 Å². The average molecular weight is 344 g/mol. The van der Waals surface area contributed by atoms with Crippen LogP contribution in [-0.4, -0.2) is 23.9 Å². The number of methoxy groups -OCH3 is 1. The molecule has 0 aliphatic rings. The van der Waals surface area contributed by atoms with Gasteiger partial charge in [0.25, 0.3) is 0 Å². The van der Waals surface area contributed by atoms with E-state index in [-0.39, 0.29) is 0 Å². The van der Waals surface area contributed by atoms with Crippen LogP contribution in [0.4, 0.5) is 5.13 Å². The van der Waals surface area contributed by atoms with Gasteiger partial charge in [-0.25, -0.2) is 0 Å². The smallest absolute Gasteiger partial charge is 0.205 e. The molecular formula is C12H14BrN3O2S. The van der Waals surface area contributed by atoms with Crippen LogP contribution in [0, 0.1) is 0 Å². The summed E-state index contributed by atoms with van der Waals surface area (Å²) in [5.74, 6) is 1.36. The lowest BCUT2D eigenvalue weighted by Crippen LogP contribution is -1.98. The number of para-hydroxylation sites is 1. The van der Waals surface area contributed by atoms with Crippen LogP contribution in [0.1, 0.15) is 11.9 Å². The van der Waals surface area contributed by atoms with Crippen LogP contribution in [0.25, 0.3) is 0 Å². The summed E-state index contributed by atoms with van der Waals surface area (Å²) in [5.41, 5.74) is 0. The Morgan fingerprint density at radius 1 is 1.37 bits per heavy atom. The largest absolute Gasteiger partial charge is 0.493 e. The average Bonchev–Trinajstić information content (AvgIpc) is 2.85. The van der Waals surface area contributed by atoms with E-state index in [9.17, 15) is 0 Å². The molecule has 2 aromatic rings. The van der Waals surface area contributed by atoms with Gasteiger partial charge in [0.2, 0.25) is 5.13 Å². The molecule has 0 radical (unpaired) electrons. The van der Waals surface area contributed by atoms with E-state index in [1.807, 2.05) is 25.1 Å². The molecule has 0 amide bonds. The molecule has 0 fully saturated rings. The summed E-state index contributed by atoms with van der Waals surface area (Å²) in [6.45, 7) is 3.21. The number of rotatable bonds is 6. The lowest BCUT2D eigenvalue weighted by atomic mass is 10.3. The third-order valence-corrected chi connectivity index (χ3v) is 3.76. The number of anilines is 1. The summed E-state index contributed by atoms with van der Waals surface area (Å²) in [5, 5.41) is 12.8. The van der Waals surface area contributed by atoms with Crippen molar-refractivity contribution < 1.29 is 9.47 Å². The first-order chi connectivity index (χ1) is 9.24. The highest BCUT2D eigenvalue weighted by Crippen LogP contribution is 2.35. The van der Waals surface area contributed by atoms with Crippen LogP contribution >= 0.6 is 27.3 Å². The van der Waals surface area contributed by atoms with Crippen LogP contribution in [0.15, 0.2) is 22.7 Å². The summed E-state index contributed by atoms with van der Waals surface area (Å²) in [7, 11) is 1.61. The predicted octanol–water partition coefficient (Wildman–Crippen LogP) is 3.32. The number of aromatic nitrogens is 2. The first-order valence-corrected chi connectivity index (χ1v) is 7.37. The number of nitrogens with zero attached hydrogens (tertiary/aromatic N) is 2. The summed E-state index contributed by atoms with van der Waals surface area (Å²) in [4.78, 5) is 0. The van der Waals surface area contributed by atoms with E-state index in [1.165, 1.54) is 11.3 Å². The number of hydrogen-bond donors (Lipinski definition) is 1. The van der Waals surface area contributed by atoms with Gasteiger partial charge in [0.05, 0.1) is 11.6 Å². The van der Waals surface area contributed by atoms with Crippen LogP contribution in [0.2, 0.25) is 0 Å². The molecule has 0 atom stereocenters. The summed E-state index contributed by atoms with van der Waals surface area (Å²) in [6.07, 6.45) is 0. The van der Waals surface area contributed by atoms with Gasteiger partial charge in [0.1, 0.15) is 6.61 Å². The van der Waals surface area contributed by atoms with Crippen molar-refractivity contribution in [1.82, 2.24) is 10.2 Å². The Balaban J connectivity index is 2.05. The van der Waals surface area contributed by atoms with Gasteiger partial charge in [-0.05, 0) is 35.0 Å². The first-order valence-electron chi connectivity index (χ1n) is 5.76. The molecule has 2 rings (SSSR count). The van der Waals surface area contributed by atoms with Crippen molar-refractivity contribution in [2.45, 2.75) is 13.5 Å². The first kappa shape index (κ1) is 14.1. The normalized spacial score (nSPS) is 10.3. The highest BCUT2D eigenvalue weighted by Gasteiger charge is 2.10. The zero-order valence-electron chi connectivity index (χ0n) is 10.6. The monoisotopic (exact) mass is 343 g/mol. The number of hydrogen-bond acceptors (Lipinski definition) is 6. The van der Waals surface area contributed by atoms with Crippen molar-refractivity contribution in [1.29, 1.82) is 0 Å². The minimum absolute atomic E-state index is 0.363. The van der Waals surface area contributed by atoms with Crippen LogP contribution in [0.3, 0.4) is 0 Å². The van der Waals surface area contributed by atoms with Crippen LogP contribution in [-0.2, 0) is 6.61 Å². The maximum Gasteiger partial charge on any atom is 0.205 e. The Kier molecular flexibility index (Phi) is 4.98. The molecule has 1 N–H and O–H groups in total. The second-order valence-electron chi connectivity index (χ2n) is 3.59. The molecule has 0 aliphatic carbocycles. The Bertz CT molecular complexity index is 548. The van der Waals surface area contributed by atoms with Crippen molar-refractivity contribution in [2.24, 2.45) is 0 Å². The Hall–Kier alpha value is -1.34. The SMILES string of the molecule is CCNc1nnc(COc2c(Br)cccc2OC)s1. The van der Waals surface area contributed by atoms with E-state index in [0.29, 0.717) is 18.1 Å². The molecule has 0 aliphatic heterocycles. The summed E-state index contributed by atoms with van der Waals surface area (Å²) in [6, 6.07) is 5.65. The molecule has 0 spiro atoms. The topological polar surface area (TPSA) is 56.3 Å². The fraction of sp³-hybridized carbons (Fsp3) is 0.333. The second kappa shape index (κ2) is 6.72. The minimum atomic E-state index is 0.363. The van der Waals surface area contributed by atoms with E-state index in [2.05, 4.69) is 31.4 Å². The highest BCUT2D eigenvalue weighted by atomic mass is 79.9. The van der Waals surface area contributed by atoms with Crippen molar-refractivity contribution >= 4 is 32.4 Å². The molecule has 1 heterocycles. The zero-order chi connectivity index (χ0) is 13.7. The van der Waals surface area contributed by atoms with Gasteiger partial charge in [-0.2, -0.15) is 0 Å². The number of ether oxygens (including phenoxy) is 2. The van der Waals surface area contributed by atoms with E-state index in [4.69, 9.17) is 9.47 Å². The van der Waals surface area contributed by atoms with Gasteiger partial charge < -0.3 is 14.8 Å². The summed E-state index contributed by atoms with van der Waals surface area (Å²) < 4.78 is 11.9. The van der Waals surface area contributed by atoms with Crippen molar-refractivity contribution in [3.05, 3.63) is 27.7 Å². The molecule has 0 unspecified atom stereocenters. The third-order valence-electron chi connectivity index (χ3n) is 2.29. The van der Waals surface area contributed by atoms with Gasteiger partial charge in [-0.3, -0.25) is 0 Å². The lowest BCUT2D eigenvalue weighted by Gasteiger charge is -2.10. The molecular weight excluding hydrogens is 330 g/mol. The Labute approximate surface area is 124 Å². The fourth-order valence-electron chi connectivity index (χ4n) is 1.46. The lowest BCUT2D eigenvalue weighted by molar-refractivity contribution is 0.281. The number of halogens is 1. The molecule has 7 heteroatoms. The van der Waals surface area contributed by atoms with Crippen molar-refractivity contribution in [2.75, 3.05) is 19.0 Å². The molecule has 0 saturated carbocycles. The van der Waals surface area contributed by atoms with E-state index in [1.54, 1.807) is 7.11 Å². The summed E-state index contributed by atoms with van der Waals surface area (Å²) >= 11 is 4.92. The second-order valence-corrected chi connectivity index (χ2v) is 5.51. The van der Waals surface area contributed by atoms with Gasteiger partial charge in [0, 0.05) is 6.54 Å². The number of benzene rings is 1. The molecule has 0 bridgehead atoms. The maximum atomic E-state index is 5.74. The fourth-order valence-corrected chi connectivity index (χ4v) is 2.64. The minimum Gasteiger partial charge on any atom is -0.493 e. The quantitative estimate of drug-likeness (QED) is 0.871. The Morgan fingerprint density at radius 2 is 2.21 bits per heavy atom. The maximum absolute atomic E-state index is 5.74. The van der Waals surface area contributed by atoms with Gasteiger partial charge in [0.15, 0.2) is 16.5 Å². The van der Waals surface area contributed by atoms with Crippen LogP contribution in [0.5, 0.6) is 11.5 Å². The van der Waals surface area contributed by atoms with E-state index < -0.39 is 0 Å². The number of nitrogens with one attached hydrogen (secondary N) is 1. The molecule has 19 heavy (non-hydrogen) atoms. The van der Waals surface area contributed by atoms with Gasteiger partial charge >= 0.3 is 0 Å². The standard InChI is InChI=1S/C12H14BrN3O2S/c1-3-14-12-16-15-10(19-12)7-18-11-8(13)5-4-6-9(11)17-2/h4-6H,3,7H2,1-2H3,(H,14,16).